The lowest BCUT2D eigenvalue weighted by molar-refractivity contribution is -0.140. The molecule has 3 aromatic rings. The molecule has 33 heavy (non-hydrogen) atoms. The quantitative estimate of drug-likeness (QED) is 0.238. The molecular formula is C26H23NO6. The van der Waals surface area contributed by atoms with Crippen molar-refractivity contribution in [3.05, 3.63) is 102 Å². The number of amides is 1. The normalized spacial score (nSPS) is 17.2. The number of aliphatic hydroxyl groups is 1. The van der Waals surface area contributed by atoms with Crippen LogP contribution in [0.4, 0.5) is 0 Å². The maximum atomic E-state index is 13.1. The molecule has 7 heteroatoms. The van der Waals surface area contributed by atoms with Gasteiger partial charge in [0.15, 0.2) is 0 Å². The van der Waals surface area contributed by atoms with Crippen LogP contribution in [0.3, 0.4) is 0 Å². The van der Waals surface area contributed by atoms with Crippen LogP contribution in [0.2, 0.25) is 0 Å². The van der Waals surface area contributed by atoms with Crippen molar-refractivity contribution in [2.75, 3.05) is 13.7 Å². The number of aliphatic hydroxyl groups excluding tert-OH is 1. The van der Waals surface area contributed by atoms with E-state index in [0.29, 0.717) is 35.0 Å². The van der Waals surface area contributed by atoms with Crippen LogP contribution in [0.1, 0.15) is 22.9 Å². The van der Waals surface area contributed by atoms with E-state index in [9.17, 15) is 14.7 Å². The molecule has 0 aliphatic carbocycles. The fourth-order valence-corrected chi connectivity index (χ4v) is 3.79. The summed E-state index contributed by atoms with van der Waals surface area (Å²) in [5, 5.41) is 11.1. The highest BCUT2D eigenvalue weighted by molar-refractivity contribution is 6.46. The molecule has 0 spiro atoms. The Morgan fingerprint density at radius 2 is 1.91 bits per heavy atom. The summed E-state index contributed by atoms with van der Waals surface area (Å²) in [4.78, 5) is 27.5. The van der Waals surface area contributed by atoms with E-state index >= 15 is 0 Å². The van der Waals surface area contributed by atoms with Gasteiger partial charge in [0.1, 0.15) is 29.6 Å². The Kier molecular flexibility index (Phi) is 6.31. The minimum Gasteiger partial charge on any atom is -0.507 e. The second-order valence-corrected chi connectivity index (χ2v) is 7.41. The van der Waals surface area contributed by atoms with Gasteiger partial charge < -0.3 is 23.9 Å². The first-order valence-corrected chi connectivity index (χ1v) is 10.3. The Hall–Kier alpha value is -4.26. The third-order valence-electron chi connectivity index (χ3n) is 5.35. The van der Waals surface area contributed by atoms with Gasteiger partial charge >= 0.3 is 0 Å². The highest BCUT2D eigenvalue weighted by atomic mass is 16.5. The summed E-state index contributed by atoms with van der Waals surface area (Å²) in [7, 11) is 1.51. The van der Waals surface area contributed by atoms with Crippen LogP contribution in [0.5, 0.6) is 11.5 Å². The van der Waals surface area contributed by atoms with Crippen molar-refractivity contribution >= 4 is 17.4 Å². The first-order valence-electron chi connectivity index (χ1n) is 10.3. The lowest BCUT2D eigenvalue weighted by Crippen LogP contribution is -2.29. The molecule has 7 nitrogen and oxygen atoms in total. The van der Waals surface area contributed by atoms with E-state index in [2.05, 4.69) is 6.58 Å². The lowest BCUT2D eigenvalue weighted by Gasteiger charge is -2.24. The molecule has 1 atom stereocenters. The van der Waals surface area contributed by atoms with E-state index in [4.69, 9.17) is 13.9 Å². The molecule has 1 aromatic heterocycles. The highest BCUT2D eigenvalue weighted by Crippen LogP contribution is 2.41. The number of nitrogens with zero attached hydrogens (tertiary/aromatic N) is 1. The van der Waals surface area contributed by atoms with Crippen LogP contribution in [-0.2, 0) is 16.1 Å². The molecule has 0 saturated carbocycles. The first kappa shape index (κ1) is 22.0. The fourth-order valence-electron chi connectivity index (χ4n) is 3.79. The molecule has 1 aliphatic rings. The van der Waals surface area contributed by atoms with Gasteiger partial charge in [-0.3, -0.25) is 9.59 Å². The van der Waals surface area contributed by atoms with Gasteiger partial charge in [-0.1, -0.05) is 36.9 Å². The SMILES string of the molecule is C=CCOc1ccc(C2/C(=C(\O)c3cccc(OC)c3)C(=O)C(=O)N2Cc2ccco2)cc1. The number of carbonyl (C=O) groups is 2. The maximum Gasteiger partial charge on any atom is 0.296 e. The number of furan rings is 1. The molecule has 1 saturated heterocycles. The van der Waals surface area contributed by atoms with E-state index in [1.165, 1.54) is 18.3 Å². The number of hydrogen-bond acceptors (Lipinski definition) is 6. The molecule has 0 bridgehead atoms. The predicted molar refractivity (Wildman–Crippen MR) is 122 cm³/mol. The van der Waals surface area contributed by atoms with E-state index in [1.807, 2.05) is 0 Å². The molecule has 1 unspecified atom stereocenters. The number of ketones is 1. The van der Waals surface area contributed by atoms with Gasteiger partial charge in [0, 0.05) is 5.56 Å². The number of likely N-dealkylation sites (tertiary alicyclic amines) is 1. The Balaban J connectivity index is 1.81. The van der Waals surface area contributed by atoms with Crippen molar-refractivity contribution in [3.8, 4) is 11.5 Å². The third-order valence-corrected chi connectivity index (χ3v) is 5.35. The van der Waals surface area contributed by atoms with Crippen molar-refractivity contribution in [2.24, 2.45) is 0 Å². The number of carbonyl (C=O) groups excluding carboxylic acids is 2. The van der Waals surface area contributed by atoms with Gasteiger partial charge in [0.2, 0.25) is 0 Å². The largest absolute Gasteiger partial charge is 0.507 e. The van der Waals surface area contributed by atoms with Crippen molar-refractivity contribution in [2.45, 2.75) is 12.6 Å². The standard InChI is InChI=1S/C26H23NO6/c1-3-13-32-19-11-9-17(10-12-19)23-22(24(28)18-6-4-7-20(15-18)31-2)25(29)26(30)27(23)16-21-8-5-14-33-21/h3-12,14-15,23,28H,1,13,16H2,2H3/b24-22+. The molecule has 1 amide bonds. The van der Waals surface area contributed by atoms with Crippen molar-refractivity contribution < 1.29 is 28.6 Å². The second kappa shape index (κ2) is 9.48. The smallest absolute Gasteiger partial charge is 0.296 e. The summed E-state index contributed by atoms with van der Waals surface area (Å²) >= 11 is 0. The van der Waals surface area contributed by atoms with Gasteiger partial charge in [-0.25, -0.2) is 0 Å². The third kappa shape index (κ3) is 4.39. The van der Waals surface area contributed by atoms with Crippen molar-refractivity contribution in [1.82, 2.24) is 4.90 Å². The Morgan fingerprint density at radius 3 is 2.58 bits per heavy atom. The molecule has 4 rings (SSSR count). The number of methoxy groups -OCH3 is 1. The number of benzene rings is 2. The Labute approximate surface area is 191 Å². The zero-order valence-corrected chi connectivity index (χ0v) is 18.1. The zero-order valence-electron chi connectivity index (χ0n) is 18.1. The summed E-state index contributed by atoms with van der Waals surface area (Å²) in [5.41, 5.74) is 1.03. The van der Waals surface area contributed by atoms with Crippen molar-refractivity contribution in [1.29, 1.82) is 0 Å². The molecule has 0 radical (unpaired) electrons. The van der Waals surface area contributed by atoms with E-state index in [0.717, 1.165) is 0 Å². The highest BCUT2D eigenvalue weighted by Gasteiger charge is 2.46. The van der Waals surface area contributed by atoms with Gasteiger partial charge in [0.25, 0.3) is 11.7 Å². The van der Waals surface area contributed by atoms with Crippen LogP contribution in [0.25, 0.3) is 5.76 Å². The molecule has 2 aromatic carbocycles. The summed E-state index contributed by atoms with van der Waals surface area (Å²) < 4.78 is 16.2. The lowest BCUT2D eigenvalue weighted by atomic mass is 9.95. The van der Waals surface area contributed by atoms with Crippen LogP contribution >= 0.6 is 0 Å². The number of ether oxygens (including phenoxy) is 2. The van der Waals surface area contributed by atoms with Crippen LogP contribution < -0.4 is 9.47 Å². The molecule has 1 aliphatic heterocycles. The molecule has 2 heterocycles. The van der Waals surface area contributed by atoms with Crippen LogP contribution in [0.15, 0.2) is 89.6 Å². The first-order chi connectivity index (χ1) is 16.0. The number of hydrogen-bond donors (Lipinski definition) is 1. The summed E-state index contributed by atoms with van der Waals surface area (Å²) in [6.45, 7) is 4.06. The van der Waals surface area contributed by atoms with Crippen molar-refractivity contribution in [3.63, 3.8) is 0 Å². The monoisotopic (exact) mass is 445 g/mol. The number of Topliss-reactive ketones (excluding diaryl/α,β-unsaturated/α-hetero) is 1. The summed E-state index contributed by atoms with van der Waals surface area (Å²) in [6, 6.07) is 16.3. The average molecular weight is 445 g/mol. The topological polar surface area (TPSA) is 89.2 Å². The predicted octanol–water partition coefficient (Wildman–Crippen LogP) is 4.47. The number of rotatable bonds is 8. The molecule has 1 fully saturated rings. The maximum absolute atomic E-state index is 13.1. The average Bonchev–Trinajstić information content (AvgIpc) is 3.45. The van der Waals surface area contributed by atoms with Crippen LogP contribution in [0, 0.1) is 0 Å². The van der Waals surface area contributed by atoms with E-state index in [-0.39, 0.29) is 17.9 Å². The minimum absolute atomic E-state index is 0.000399. The summed E-state index contributed by atoms with van der Waals surface area (Å²) in [6.07, 6.45) is 3.14. The second-order valence-electron chi connectivity index (χ2n) is 7.41. The minimum atomic E-state index is -0.810. The summed E-state index contributed by atoms with van der Waals surface area (Å²) in [5.74, 6) is -0.0920. The molecule has 1 N–H and O–H groups in total. The zero-order chi connectivity index (χ0) is 23.4. The van der Waals surface area contributed by atoms with E-state index < -0.39 is 17.7 Å². The molecular weight excluding hydrogens is 422 g/mol. The van der Waals surface area contributed by atoms with E-state index in [1.54, 1.807) is 66.7 Å². The van der Waals surface area contributed by atoms with Gasteiger partial charge in [0.05, 0.1) is 31.5 Å². The Morgan fingerprint density at radius 1 is 1.12 bits per heavy atom. The molecule has 168 valence electrons. The van der Waals surface area contributed by atoms with Gasteiger partial charge in [-0.15, -0.1) is 0 Å². The van der Waals surface area contributed by atoms with Gasteiger partial charge in [-0.2, -0.15) is 0 Å². The van der Waals surface area contributed by atoms with Gasteiger partial charge in [-0.05, 0) is 42.0 Å². The van der Waals surface area contributed by atoms with Crippen LogP contribution in [-0.4, -0.2) is 35.4 Å². The Bertz CT molecular complexity index is 1190. The fraction of sp³-hybridized carbons (Fsp3) is 0.154.